The van der Waals surface area contributed by atoms with Crippen LogP contribution in [0.5, 0.6) is 0 Å². The number of nitrogens with one attached hydrogen (secondary N) is 2. The first kappa shape index (κ1) is 9.77. The van der Waals surface area contributed by atoms with Crippen molar-refractivity contribution in [1.29, 1.82) is 0 Å². The number of alkyl carbamates (subject to hydrolysis) is 1. The number of hydrogen-bond donors (Lipinski definition) is 2. The summed E-state index contributed by atoms with van der Waals surface area (Å²) in [6.45, 7) is 2.92. The number of rotatable bonds is 2. The molecule has 4 nitrogen and oxygen atoms in total. The van der Waals surface area contributed by atoms with E-state index in [0.29, 0.717) is 5.41 Å². The zero-order valence-corrected chi connectivity index (χ0v) is 8.64. The van der Waals surface area contributed by atoms with Gasteiger partial charge in [0.15, 0.2) is 0 Å². The number of carbonyl (C=O) groups is 1. The van der Waals surface area contributed by atoms with Crippen molar-refractivity contribution in [3.05, 3.63) is 0 Å². The lowest BCUT2D eigenvalue weighted by atomic mass is 9.81. The molecule has 2 unspecified atom stereocenters. The number of ether oxygens (including phenoxy) is 1. The van der Waals surface area contributed by atoms with Crippen LogP contribution in [0.15, 0.2) is 0 Å². The molecule has 14 heavy (non-hydrogen) atoms. The average molecular weight is 198 g/mol. The van der Waals surface area contributed by atoms with Gasteiger partial charge >= 0.3 is 6.09 Å². The predicted molar refractivity (Wildman–Crippen MR) is 53.1 cm³/mol. The van der Waals surface area contributed by atoms with E-state index in [-0.39, 0.29) is 6.09 Å². The molecule has 0 aromatic carbocycles. The predicted octanol–water partition coefficient (Wildman–Crippen LogP) is 0.732. The molecule has 2 aliphatic rings. The molecule has 2 atom stereocenters. The van der Waals surface area contributed by atoms with Gasteiger partial charge in [0, 0.05) is 18.5 Å². The molecule has 1 heterocycles. The van der Waals surface area contributed by atoms with Gasteiger partial charge in [0.1, 0.15) is 0 Å². The van der Waals surface area contributed by atoms with Gasteiger partial charge in [-0.25, -0.2) is 4.79 Å². The number of hydrogen-bond acceptors (Lipinski definition) is 3. The Labute approximate surface area is 84.4 Å². The zero-order valence-electron chi connectivity index (χ0n) is 8.64. The molecule has 2 fully saturated rings. The van der Waals surface area contributed by atoms with Gasteiger partial charge < -0.3 is 15.4 Å². The number of methoxy groups -OCH3 is 1. The van der Waals surface area contributed by atoms with Crippen molar-refractivity contribution >= 4 is 6.09 Å². The maximum atomic E-state index is 11.0. The quantitative estimate of drug-likeness (QED) is 0.688. The van der Waals surface area contributed by atoms with Crippen LogP contribution in [0, 0.1) is 11.3 Å². The van der Waals surface area contributed by atoms with Crippen molar-refractivity contribution in [3.8, 4) is 0 Å². The van der Waals surface area contributed by atoms with E-state index in [9.17, 15) is 4.79 Å². The molecule has 0 spiro atoms. The molecule has 1 saturated carbocycles. The summed E-state index contributed by atoms with van der Waals surface area (Å²) in [5.41, 5.74) is 0.314. The third-order valence-electron chi connectivity index (χ3n) is 3.73. The second kappa shape index (κ2) is 3.77. The molecular weight excluding hydrogens is 180 g/mol. The van der Waals surface area contributed by atoms with Gasteiger partial charge in [-0.15, -0.1) is 0 Å². The fourth-order valence-corrected chi connectivity index (χ4v) is 2.87. The normalized spacial score (nSPS) is 35.4. The average Bonchev–Trinajstić information content (AvgIpc) is 2.72. The summed E-state index contributed by atoms with van der Waals surface area (Å²) in [4.78, 5) is 11.0. The van der Waals surface area contributed by atoms with Gasteiger partial charge in [-0.3, -0.25) is 0 Å². The SMILES string of the molecule is COC(=O)NCC12CCCC1CNC2. The molecule has 2 N–H and O–H groups in total. The fraction of sp³-hybridized carbons (Fsp3) is 0.900. The third kappa shape index (κ3) is 1.59. The second-order valence-electron chi connectivity index (χ2n) is 4.43. The first-order valence-electron chi connectivity index (χ1n) is 5.29. The molecule has 1 aliphatic heterocycles. The van der Waals surface area contributed by atoms with E-state index in [4.69, 9.17) is 0 Å². The Morgan fingerprint density at radius 1 is 1.71 bits per heavy atom. The van der Waals surface area contributed by atoms with Gasteiger partial charge in [-0.05, 0) is 25.3 Å². The third-order valence-corrected chi connectivity index (χ3v) is 3.73. The Balaban J connectivity index is 1.91. The van der Waals surface area contributed by atoms with Crippen molar-refractivity contribution in [1.82, 2.24) is 10.6 Å². The van der Waals surface area contributed by atoms with Crippen LogP contribution in [0.3, 0.4) is 0 Å². The van der Waals surface area contributed by atoms with E-state index < -0.39 is 0 Å². The summed E-state index contributed by atoms with van der Waals surface area (Å²) < 4.78 is 4.58. The van der Waals surface area contributed by atoms with Crippen molar-refractivity contribution in [2.24, 2.45) is 11.3 Å². The summed E-state index contributed by atoms with van der Waals surface area (Å²) in [5.74, 6) is 0.750. The van der Waals surface area contributed by atoms with Crippen molar-refractivity contribution in [2.45, 2.75) is 19.3 Å². The van der Waals surface area contributed by atoms with Crippen LogP contribution in [-0.2, 0) is 4.74 Å². The van der Waals surface area contributed by atoms with E-state index in [1.807, 2.05) is 0 Å². The molecule has 0 aromatic heterocycles. The highest BCUT2D eigenvalue weighted by atomic mass is 16.5. The van der Waals surface area contributed by atoms with E-state index in [1.165, 1.54) is 26.4 Å². The Morgan fingerprint density at radius 2 is 2.57 bits per heavy atom. The van der Waals surface area contributed by atoms with Crippen LogP contribution in [0.25, 0.3) is 0 Å². The largest absolute Gasteiger partial charge is 0.453 e. The van der Waals surface area contributed by atoms with Gasteiger partial charge in [-0.1, -0.05) is 6.42 Å². The van der Waals surface area contributed by atoms with Gasteiger partial charge in [0.05, 0.1) is 7.11 Å². The monoisotopic (exact) mass is 198 g/mol. The van der Waals surface area contributed by atoms with E-state index in [2.05, 4.69) is 15.4 Å². The molecule has 4 heteroatoms. The summed E-state index contributed by atoms with van der Waals surface area (Å²) in [7, 11) is 1.41. The van der Waals surface area contributed by atoms with Gasteiger partial charge in [0.25, 0.3) is 0 Å². The minimum atomic E-state index is -0.308. The molecule has 0 radical (unpaired) electrons. The standard InChI is InChI=1S/C10H18N2O2/c1-14-9(13)12-7-10-4-2-3-8(10)5-11-6-10/h8,11H,2-7H2,1H3,(H,12,13). The molecular formula is C10H18N2O2. The van der Waals surface area contributed by atoms with E-state index in [0.717, 1.165) is 25.6 Å². The molecule has 80 valence electrons. The molecule has 1 saturated heterocycles. The smallest absolute Gasteiger partial charge is 0.406 e. The minimum absolute atomic E-state index is 0.308. The summed E-state index contributed by atoms with van der Waals surface area (Å²) in [6.07, 6.45) is 3.52. The first-order valence-corrected chi connectivity index (χ1v) is 5.29. The lowest BCUT2D eigenvalue weighted by Crippen LogP contribution is -2.40. The molecule has 2 rings (SSSR count). The Kier molecular flexibility index (Phi) is 2.63. The first-order chi connectivity index (χ1) is 6.77. The van der Waals surface area contributed by atoms with Crippen LogP contribution >= 0.6 is 0 Å². The Hall–Kier alpha value is -0.770. The fourth-order valence-electron chi connectivity index (χ4n) is 2.87. The molecule has 0 bridgehead atoms. The van der Waals surface area contributed by atoms with Gasteiger partial charge in [-0.2, -0.15) is 0 Å². The maximum Gasteiger partial charge on any atom is 0.406 e. The Bertz CT molecular complexity index is 220. The highest BCUT2D eigenvalue weighted by Gasteiger charge is 2.46. The summed E-state index contributed by atoms with van der Waals surface area (Å²) in [6, 6.07) is 0. The number of carbonyl (C=O) groups excluding carboxylic acids is 1. The van der Waals surface area contributed by atoms with Crippen LogP contribution in [-0.4, -0.2) is 32.8 Å². The molecule has 1 aliphatic carbocycles. The van der Waals surface area contributed by atoms with Crippen molar-refractivity contribution in [2.75, 3.05) is 26.7 Å². The topological polar surface area (TPSA) is 50.4 Å². The van der Waals surface area contributed by atoms with Crippen LogP contribution in [0.1, 0.15) is 19.3 Å². The highest BCUT2D eigenvalue weighted by Crippen LogP contribution is 2.45. The van der Waals surface area contributed by atoms with Crippen LogP contribution in [0.2, 0.25) is 0 Å². The lowest BCUT2D eigenvalue weighted by Gasteiger charge is -2.28. The summed E-state index contributed by atoms with van der Waals surface area (Å²) >= 11 is 0. The lowest BCUT2D eigenvalue weighted by molar-refractivity contribution is 0.160. The Morgan fingerprint density at radius 3 is 3.36 bits per heavy atom. The van der Waals surface area contributed by atoms with E-state index >= 15 is 0 Å². The van der Waals surface area contributed by atoms with E-state index in [1.54, 1.807) is 0 Å². The number of fused-ring (bicyclic) bond motifs is 1. The minimum Gasteiger partial charge on any atom is -0.453 e. The van der Waals surface area contributed by atoms with Crippen molar-refractivity contribution in [3.63, 3.8) is 0 Å². The maximum absolute atomic E-state index is 11.0. The molecule has 1 amide bonds. The zero-order chi connectivity index (χ0) is 10.0. The second-order valence-corrected chi connectivity index (χ2v) is 4.43. The van der Waals surface area contributed by atoms with Gasteiger partial charge in [0.2, 0.25) is 0 Å². The highest BCUT2D eigenvalue weighted by molar-refractivity contribution is 5.66. The summed E-state index contributed by atoms with van der Waals surface area (Å²) in [5, 5.41) is 6.25. The van der Waals surface area contributed by atoms with Crippen LogP contribution < -0.4 is 10.6 Å². The molecule has 0 aromatic rings. The number of amides is 1. The van der Waals surface area contributed by atoms with Crippen molar-refractivity contribution < 1.29 is 9.53 Å². The van der Waals surface area contributed by atoms with Crippen LogP contribution in [0.4, 0.5) is 4.79 Å².